The van der Waals surface area contributed by atoms with Crippen molar-refractivity contribution in [3.8, 4) is 5.75 Å². The Labute approximate surface area is 156 Å². The van der Waals surface area contributed by atoms with Crippen molar-refractivity contribution in [3.63, 3.8) is 0 Å². The number of carbonyl (C=O) groups excluding carboxylic acids is 1. The van der Waals surface area contributed by atoms with Gasteiger partial charge in [-0.15, -0.1) is 0 Å². The Bertz CT molecular complexity index is 615. The maximum absolute atomic E-state index is 11.3. The molecular formula is C17H24ClNO7. The maximum Gasteiger partial charge on any atom is 0.217 e. The summed E-state index contributed by atoms with van der Waals surface area (Å²) in [7, 11) is 0. The van der Waals surface area contributed by atoms with Crippen LogP contribution in [-0.2, 0) is 14.3 Å². The Morgan fingerprint density at radius 1 is 1.31 bits per heavy atom. The van der Waals surface area contributed by atoms with Crippen LogP contribution < -0.4 is 10.1 Å². The third kappa shape index (κ3) is 5.29. The van der Waals surface area contributed by atoms with Crippen molar-refractivity contribution in [1.82, 2.24) is 5.32 Å². The fraction of sp³-hybridized carbons (Fsp3) is 0.588. The van der Waals surface area contributed by atoms with Crippen molar-refractivity contribution < 1.29 is 34.3 Å². The van der Waals surface area contributed by atoms with Gasteiger partial charge in [0.15, 0.2) is 6.29 Å². The van der Waals surface area contributed by atoms with Crippen molar-refractivity contribution in [2.24, 2.45) is 0 Å². The van der Waals surface area contributed by atoms with E-state index in [0.29, 0.717) is 10.8 Å². The monoisotopic (exact) mass is 389 g/mol. The number of nitrogens with one attached hydrogen (secondary N) is 1. The molecule has 0 aliphatic carbocycles. The second kappa shape index (κ2) is 9.50. The highest BCUT2D eigenvalue weighted by Crippen LogP contribution is 2.23. The number of hydrogen-bond donors (Lipinski definition) is 4. The lowest BCUT2D eigenvalue weighted by molar-refractivity contribution is -0.271. The van der Waals surface area contributed by atoms with Crippen LogP contribution in [0.15, 0.2) is 18.2 Å². The van der Waals surface area contributed by atoms with Gasteiger partial charge in [0.1, 0.15) is 36.7 Å². The smallest absolute Gasteiger partial charge is 0.217 e. The van der Waals surface area contributed by atoms with Crippen molar-refractivity contribution in [2.45, 2.75) is 44.5 Å². The lowest BCUT2D eigenvalue weighted by Gasteiger charge is -2.42. The van der Waals surface area contributed by atoms with Gasteiger partial charge in [0.2, 0.25) is 5.91 Å². The molecule has 1 saturated heterocycles. The molecule has 0 radical (unpaired) electrons. The van der Waals surface area contributed by atoms with Gasteiger partial charge in [-0.25, -0.2) is 0 Å². The van der Waals surface area contributed by atoms with Crippen LogP contribution in [0.3, 0.4) is 0 Å². The fourth-order valence-electron chi connectivity index (χ4n) is 2.70. The number of aliphatic hydroxyl groups excluding tert-OH is 3. The van der Waals surface area contributed by atoms with Crippen LogP contribution in [0.5, 0.6) is 5.75 Å². The number of amides is 1. The standard InChI is InChI=1S/C17H24ClNO7/c1-9-7-11(18)3-4-12(9)24-5-6-25-17-14(19-10(2)21)16(23)15(22)13(8-20)26-17/h3-4,7,13-17,20,22-23H,5-6,8H2,1-2H3,(H,19,21)/t13-,14+,15-,16-,17-/m1/s1. The highest BCUT2D eigenvalue weighted by molar-refractivity contribution is 6.30. The number of halogens is 1. The quantitative estimate of drug-likeness (QED) is 0.484. The van der Waals surface area contributed by atoms with Crippen molar-refractivity contribution in [3.05, 3.63) is 28.8 Å². The van der Waals surface area contributed by atoms with Gasteiger partial charge in [-0.3, -0.25) is 4.79 Å². The minimum absolute atomic E-state index is 0.101. The summed E-state index contributed by atoms with van der Waals surface area (Å²) < 4.78 is 16.6. The van der Waals surface area contributed by atoms with E-state index in [9.17, 15) is 20.1 Å². The number of hydrogen-bond acceptors (Lipinski definition) is 7. The molecule has 1 aromatic rings. The van der Waals surface area contributed by atoms with E-state index in [0.717, 1.165) is 5.56 Å². The Balaban J connectivity index is 1.92. The minimum atomic E-state index is -1.34. The number of rotatable bonds is 7. The van der Waals surface area contributed by atoms with Crippen LogP contribution in [0.2, 0.25) is 5.02 Å². The molecule has 8 nitrogen and oxygen atoms in total. The van der Waals surface area contributed by atoms with E-state index in [-0.39, 0.29) is 13.2 Å². The van der Waals surface area contributed by atoms with Crippen molar-refractivity contribution in [1.29, 1.82) is 0 Å². The molecule has 1 fully saturated rings. The van der Waals surface area contributed by atoms with Crippen LogP contribution in [0, 0.1) is 6.92 Å². The van der Waals surface area contributed by atoms with E-state index in [1.54, 1.807) is 18.2 Å². The predicted molar refractivity (Wildman–Crippen MR) is 93.0 cm³/mol. The minimum Gasteiger partial charge on any atom is -0.491 e. The first-order chi connectivity index (χ1) is 12.3. The van der Waals surface area contributed by atoms with Gasteiger partial charge in [-0.05, 0) is 30.7 Å². The molecule has 4 N–H and O–H groups in total. The topological polar surface area (TPSA) is 117 Å². The molecule has 0 spiro atoms. The second-order valence-corrected chi connectivity index (χ2v) is 6.50. The number of carbonyl (C=O) groups is 1. The molecule has 1 aliphatic rings. The Hall–Kier alpha value is -1.42. The number of benzene rings is 1. The summed E-state index contributed by atoms with van der Waals surface area (Å²) in [6.45, 7) is 2.94. The average Bonchev–Trinajstić information content (AvgIpc) is 2.58. The molecule has 0 bridgehead atoms. The SMILES string of the molecule is CC(=O)N[C@@H]1[C@H](OCCOc2ccc(Cl)cc2C)O[C@H](CO)[C@@H](O)[C@@H]1O. The lowest BCUT2D eigenvalue weighted by atomic mass is 9.97. The molecule has 0 aromatic heterocycles. The second-order valence-electron chi connectivity index (χ2n) is 6.06. The third-order valence-electron chi connectivity index (χ3n) is 4.01. The highest BCUT2D eigenvalue weighted by Gasteiger charge is 2.45. The van der Waals surface area contributed by atoms with E-state index < -0.39 is 43.2 Å². The lowest BCUT2D eigenvalue weighted by Crippen LogP contribution is -2.64. The van der Waals surface area contributed by atoms with E-state index >= 15 is 0 Å². The van der Waals surface area contributed by atoms with E-state index in [1.165, 1.54) is 6.92 Å². The van der Waals surface area contributed by atoms with Crippen LogP contribution in [-0.4, -0.2) is 71.7 Å². The predicted octanol–water partition coefficient (Wildman–Crippen LogP) is -0.0125. The summed E-state index contributed by atoms with van der Waals surface area (Å²) in [5, 5.41) is 32.5. The van der Waals surface area contributed by atoms with Gasteiger partial charge in [0.25, 0.3) is 0 Å². The van der Waals surface area contributed by atoms with Crippen LogP contribution in [0.25, 0.3) is 0 Å². The average molecular weight is 390 g/mol. The van der Waals surface area contributed by atoms with Gasteiger partial charge < -0.3 is 34.8 Å². The van der Waals surface area contributed by atoms with Crippen LogP contribution in [0.4, 0.5) is 0 Å². The Morgan fingerprint density at radius 2 is 2.04 bits per heavy atom. The molecule has 146 valence electrons. The molecule has 5 atom stereocenters. The molecule has 0 saturated carbocycles. The zero-order valence-corrected chi connectivity index (χ0v) is 15.3. The summed E-state index contributed by atoms with van der Waals surface area (Å²) in [5.74, 6) is 0.249. The summed E-state index contributed by atoms with van der Waals surface area (Å²) in [6, 6.07) is 4.27. The Kier molecular flexibility index (Phi) is 7.63. The van der Waals surface area contributed by atoms with Crippen LogP contribution in [0.1, 0.15) is 12.5 Å². The summed E-state index contributed by atoms with van der Waals surface area (Å²) in [6.07, 6.45) is -4.73. The van der Waals surface area contributed by atoms with Crippen molar-refractivity contribution in [2.75, 3.05) is 19.8 Å². The molecule has 1 heterocycles. The molecule has 1 aliphatic heterocycles. The Morgan fingerprint density at radius 3 is 2.65 bits per heavy atom. The first-order valence-corrected chi connectivity index (χ1v) is 8.61. The number of aryl methyl sites for hydroxylation is 1. The summed E-state index contributed by atoms with van der Waals surface area (Å²) >= 11 is 5.89. The zero-order chi connectivity index (χ0) is 19.3. The van der Waals surface area contributed by atoms with Gasteiger partial charge in [-0.2, -0.15) is 0 Å². The molecule has 1 amide bonds. The number of aliphatic hydroxyl groups is 3. The van der Waals surface area contributed by atoms with Crippen LogP contribution >= 0.6 is 11.6 Å². The summed E-state index contributed by atoms with van der Waals surface area (Å²) in [4.78, 5) is 11.3. The molecule has 0 unspecified atom stereocenters. The molecule has 26 heavy (non-hydrogen) atoms. The largest absolute Gasteiger partial charge is 0.491 e. The van der Waals surface area contributed by atoms with Gasteiger partial charge in [0.05, 0.1) is 13.2 Å². The zero-order valence-electron chi connectivity index (χ0n) is 14.6. The van der Waals surface area contributed by atoms with E-state index in [4.69, 9.17) is 25.8 Å². The normalized spacial score (nSPS) is 28.6. The fourth-order valence-corrected chi connectivity index (χ4v) is 2.93. The van der Waals surface area contributed by atoms with Crippen molar-refractivity contribution >= 4 is 17.5 Å². The first kappa shape index (κ1) is 20.9. The van der Waals surface area contributed by atoms with Gasteiger partial charge >= 0.3 is 0 Å². The third-order valence-corrected chi connectivity index (χ3v) is 4.25. The molecular weight excluding hydrogens is 366 g/mol. The van der Waals surface area contributed by atoms with Gasteiger partial charge in [0, 0.05) is 11.9 Å². The maximum atomic E-state index is 11.3. The van der Waals surface area contributed by atoms with Gasteiger partial charge in [-0.1, -0.05) is 11.6 Å². The molecule has 1 aromatic carbocycles. The molecule has 2 rings (SSSR count). The van der Waals surface area contributed by atoms with E-state index in [2.05, 4.69) is 5.32 Å². The van der Waals surface area contributed by atoms with E-state index in [1.807, 2.05) is 6.92 Å². The first-order valence-electron chi connectivity index (χ1n) is 8.23. The molecule has 9 heteroatoms. The number of ether oxygens (including phenoxy) is 3. The summed E-state index contributed by atoms with van der Waals surface area (Å²) in [5.41, 5.74) is 0.876. The highest BCUT2D eigenvalue weighted by atomic mass is 35.5.